The van der Waals surface area contributed by atoms with Crippen LogP contribution in [0.3, 0.4) is 0 Å². The predicted molar refractivity (Wildman–Crippen MR) is 69.0 cm³/mol. The van der Waals surface area contributed by atoms with E-state index in [1.807, 2.05) is 27.7 Å². The molecule has 1 heterocycles. The van der Waals surface area contributed by atoms with Gasteiger partial charge in [-0.2, -0.15) is 5.10 Å². The summed E-state index contributed by atoms with van der Waals surface area (Å²) >= 11 is 0. The summed E-state index contributed by atoms with van der Waals surface area (Å²) in [6.07, 6.45) is 1.04. The molecule has 0 bridgehead atoms. The molecule has 0 N–H and O–H groups in total. The molecule has 1 aromatic rings. The maximum absolute atomic E-state index is 12.6. The first kappa shape index (κ1) is 14.7. The molecule has 5 nitrogen and oxygen atoms in total. The number of ketones is 1. The van der Waals surface area contributed by atoms with Crippen molar-refractivity contribution in [3.05, 3.63) is 11.9 Å². The molecule has 0 spiro atoms. The topological polar surface area (TPSA) is 53.4 Å². The third kappa shape index (κ3) is 2.72. The molecular weight excluding hydrogens is 232 g/mol. The lowest BCUT2D eigenvalue weighted by molar-refractivity contribution is 0.0185. The summed E-state index contributed by atoms with van der Waals surface area (Å²) in [6.45, 7) is 8.46. The minimum atomic E-state index is -0.520. The zero-order valence-electron chi connectivity index (χ0n) is 12.0. The quantitative estimate of drug-likeness (QED) is 0.756. The number of aryl methyl sites for hydroxylation is 1. The van der Waals surface area contributed by atoms with E-state index in [2.05, 4.69) is 5.10 Å². The molecule has 0 aromatic carbocycles. The molecule has 1 aromatic heterocycles. The lowest BCUT2D eigenvalue weighted by Gasteiger charge is -2.28. The number of hydrogen-bond acceptors (Lipinski definition) is 4. The first-order valence-corrected chi connectivity index (χ1v) is 6.03. The van der Waals surface area contributed by atoms with E-state index in [-0.39, 0.29) is 11.2 Å². The zero-order valence-corrected chi connectivity index (χ0v) is 12.0. The number of rotatable bonds is 5. The molecule has 102 valence electrons. The van der Waals surface area contributed by atoms with Crippen molar-refractivity contribution < 1.29 is 14.3 Å². The average molecular weight is 254 g/mol. The number of hydrogen-bond donors (Lipinski definition) is 0. The number of Topliss-reactive ketones (excluding diaryl/α,β-unsaturated/α-hetero) is 1. The third-order valence-corrected chi connectivity index (χ3v) is 2.82. The second kappa shape index (κ2) is 5.52. The van der Waals surface area contributed by atoms with E-state index in [4.69, 9.17) is 9.47 Å². The van der Waals surface area contributed by atoms with Gasteiger partial charge in [-0.25, -0.2) is 0 Å². The summed E-state index contributed by atoms with van der Waals surface area (Å²) in [6, 6.07) is 0. The highest BCUT2D eigenvalue weighted by molar-refractivity contribution is 6.00. The van der Waals surface area contributed by atoms with Gasteiger partial charge in [0.2, 0.25) is 5.78 Å². The van der Waals surface area contributed by atoms with E-state index < -0.39 is 6.10 Å². The van der Waals surface area contributed by atoms with Gasteiger partial charge in [-0.05, 0) is 12.3 Å². The average Bonchev–Trinajstić information content (AvgIpc) is 2.70. The standard InChI is InChI=1S/C13H22N2O3/c1-7-15-10(9(17-5)8-14-15)11(16)12(18-6)13(2,3)4/h8,12H,7H2,1-6H3. The van der Waals surface area contributed by atoms with Gasteiger partial charge in [-0.3, -0.25) is 9.48 Å². The van der Waals surface area contributed by atoms with Crippen LogP contribution in [-0.2, 0) is 11.3 Å². The highest BCUT2D eigenvalue weighted by Crippen LogP contribution is 2.28. The van der Waals surface area contributed by atoms with Crippen LogP contribution in [0, 0.1) is 5.41 Å². The molecule has 0 aliphatic rings. The van der Waals surface area contributed by atoms with Gasteiger partial charge >= 0.3 is 0 Å². The van der Waals surface area contributed by atoms with Gasteiger partial charge in [0.15, 0.2) is 5.75 Å². The monoisotopic (exact) mass is 254 g/mol. The number of carbonyl (C=O) groups is 1. The number of nitrogens with zero attached hydrogens (tertiary/aromatic N) is 2. The van der Waals surface area contributed by atoms with Gasteiger partial charge in [0.25, 0.3) is 0 Å². The van der Waals surface area contributed by atoms with Gasteiger partial charge in [0, 0.05) is 13.7 Å². The maximum atomic E-state index is 12.6. The molecule has 1 unspecified atom stereocenters. The number of ether oxygens (including phenoxy) is 2. The maximum Gasteiger partial charge on any atom is 0.213 e. The Kier molecular flexibility index (Phi) is 4.51. The van der Waals surface area contributed by atoms with Gasteiger partial charge < -0.3 is 9.47 Å². The number of carbonyl (C=O) groups excluding carboxylic acids is 1. The predicted octanol–water partition coefficient (Wildman–Crippen LogP) is 2.16. The molecular formula is C13H22N2O3. The smallest absolute Gasteiger partial charge is 0.213 e. The minimum absolute atomic E-state index is 0.0961. The van der Waals surface area contributed by atoms with Gasteiger partial charge in [0.1, 0.15) is 11.8 Å². The van der Waals surface area contributed by atoms with Crippen molar-refractivity contribution in [3.63, 3.8) is 0 Å². The normalized spacial score (nSPS) is 13.4. The van der Waals surface area contributed by atoms with Crippen molar-refractivity contribution in [1.82, 2.24) is 9.78 Å². The summed E-state index contributed by atoms with van der Waals surface area (Å²) in [5, 5.41) is 4.14. The third-order valence-electron chi connectivity index (χ3n) is 2.82. The molecule has 1 rings (SSSR count). The Morgan fingerprint density at radius 3 is 2.44 bits per heavy atom. The Hall–Kier alpha value is -1.36. The van der Waals surface area contributed by atoms with Crippen molar-refractivity contribution >= 4 is 5.78 Å². The second-order valence-electron chi connectivity index (χ2n) is 5.22. The summed E-state index contributed by atoms with van der Waals surface area (Å²) < 4.78 is 12.2. The van der Waals surface area contributed by atoms with Crippen LogP contribution in [0.15, 0.2) is 6.20 Å². The number of aromatic nitrogens is 2. The summed E-state index contributed by atoms with van der Waals surface area (Å²) in [4.78, 5) is 12.6. The molecule has 1 atom stereocenters. The summed E-state index contributed by atoms with van der Waals surface area (Å²) in [5.74, 6) is 0.398. The van der Waals surface area contributed by atoms with E-state index in [1.54, 1.807) is 18.0 Å². The van der Waals surface area contributed by atoms with Gasteiger partial charge in [-0.1, -0.05) is 20.8 Å². The number of methoxy groups -OCH3 is 2. The Morgan fingerprint density at radius 2 is 2.06 bits per heavy atom. The summed E-state index contributed by atoms with van der Waals surface area (Å²) in [7, 11) is 3.08. The van der Waals surface area contributed by atoms with Crippen LogP contribution >= 0.6 is 0 Å². The molecule has 0 radical (unpaired) electrons. The van der Waals surface area contributed by atoms with Crippen molar-refractivity contribution in [2.24, 2.45) is 5.41 Å². The highest BCUT2D eigenvalue weighted by atomic mass is 16.5. The minimum Gasteiger partial charge on any atom is -0.493 e. The first-order chi connectivity index (χ1) is 8.36. The van der Waals surface area contributed by atoms with Crippen molar-refractivity contribution in [1.29, 1.82) is 0 Å². The van der Waals surface area contributed by atoms with Crippen LogP contribution in [-0.4, -0.2) is 35.9 Å². The summed E-state index contributed by atoms with van der Waals surface area (Å²) in [5.41, 5.74) is 0.196. The van der Waals surface area contributed by atoms with Crippen molar-refractivity contribution in [2.75, 3.05) is 14.2 Å². The lowest BCUT2D eigenvalue weighted by atomic mass is 9.85. The van der Waals surface area contributed by atoms with Crippen LogP contribution in [0.5, 0.6) is 5.75 Å². The zero-order chi connectivity index (χ0) is 13.9. The molecule has 0 aliphatic carbocycles. The Balaban J connectivity index is 3.20. The van der Waals surface area contributed by atoms with Gasteiger partial charge in [-0.15, -0.1) is 0 Å². The molecule has 0 amide bonds. The van der Waals surface area contributed by atoms with Crippen LogP contribution in [0.2, 0.25) is 0 Å². The molecule has 0 fully saturated rings. The Labute approximate surface area is 108 Å². The van der Waals surface area contributed by atoms with Gasteiger partial charge in [0.05, 0.1) is 13.3 Å². The molecule has 18 heavy (non-hydrogen) atoms. The van der Waals surface area contributed by atoms with E-state index in [0.717, 1.165) is 0 Å². The van der Waals surface area contributed by atoms with E-state index in [9.17, 15) is 4.79 Å². The first-order valence-electron chi connectivity index (χ1n) is 6.03. The van der Waals surface area contributed by atoms with E-state index >= 15 is 0 Å². The fraction of sp³-hybridized carbons (Fsp3) is 0.692. The second-order valence-corrected chi connectivity index (χ2v) is 5.22. The van der Waals surface area contributed by atoms with Crippen LogP contribution in [0.1, 0.15) is 38.2 Å². The molecule has 0 saturated heterocycles. The van der Waals surface area contributed by atoms with E-state index in [1.165, 1.54) is 7.11 Å². The lowest BCUT2D eigenvalue weighted by Crippen LogP contribution is -2.37. The largest absolute Gasteiger partial charge is 0.493 e. The van der Waals surface area contributed by atoms with Crippen LogP contribution in [0.4, 0.5) is 0 Å². The molecule has 0 aliphatic heterocycles. The molecule has 0 saturated carbocycles. The van der Waals surface area contributed by atoms with Crippen molar-refractivity contribution in [2.45, 2.75) is 40.3 Å². The SMILES string of the molecule is CCn1ncc(OC)c1C(=O)C(OC)C(C)(C)C. The fourth-order valence-corrected chi connectivity index (χ4v) is 1.98. The van der Waals surface area contributed by atoms with Crippen LogP contribution in [0.25, 0.3) is 0 Å². The van der Waals surface area contributed by atoms with E-state index in [0.29, 0.717) is 18.0 Å². The fourth-order valence-electron chi connectivity index (χ4n) is 1.98. The van der Waals surface area contributed by atoms with Crippen molar-refractivity contribution in [3.8, 4) is 5.75 Å². The molecule has 5 heteroatoms. The van der Waals surface area contributed by atoms with Crippen LogP contribution < -0.4 is 4.74 Å². The Morgan fingerprint density at radius 1 is 1.44 bits per heavy atom. The highest BCUT2D eigenvalue weighted by Gasteiger charge is 2.35. The Bertz CT molecular complexity index is 397.